The van der Waals surface area contributed by atoms with Crippen LogP contribution in [0.4, 0.5) is 0 Å². The SMILES string of the molecule is CCC(=O)CCC(CCC(=O)CBr)C(=O)N(CCC(=O)N(CCC(=O)ON1C(=O)CCC1=O)CCC(=O)ON1C(=O)CCC1=O)CCC(=O)N(CCC(=O)ON1C(=O)CCC1=O)CCC(=O)ON1C(=O)CCC1=O. The number of ketones is 2. The summed E-state index contributed by atoms with van der Waals surface area (Å²) in [5, 5.41) is 1.09. The first kappa shape index (κ1) is 59.2. The number of carbonyl (C=O) groups excluding carboxylic acids is 17. The monoisotopic (exact) mass is 1110 g/mol. The number of alkyl halides is 1. The lowest BCUT2D eigenvalue weighted by molar-refractivity contribution is -0.198. The van der Waals surface area contributed by atoms with Gasteiger partial charge in [0.2, 0.25) is 17.7 Å². The van der Waals surface area contributed by atoms with E-state index in [4.69, 9.17) is 19.4 Å². The third-order valence-electron chi connectivity index (χ3n) is 11.8. The number of hydroxylamine groups is 8. The number of amides is 11. The van der Waals surface area contributed by atoms with Gasteiger partial charge >= 0.3 is 23.9 Å². The molecule has 0 aromatic heterocycles. The molecule has 4 fully saturated rings. The normalized spacial score (nSPS) is 16.0. The summed E-state index contributed by atoms with van der Waals surface area (Å²) in [6.45, 7) is -1.39. The summed E-state index contributed by atoms with van der Waals surface area (Å²) < 4.78 is 0. The molecule has 1 unspecified atom stereocenters. The highest BCUT2D eigenvalue weighted by Gasteiger charge is 2.37. The minimum absolute atomic E-state index is 0.0414. The van der Waals surface area contributed by atoms with Crippen molar-refractivity contribution in [2.75, 3.05) is 44.6 Å². The number of halogens is 1. The standard InChI is InChI=1S/C45H56BrN7O21/c1-2-29(54)5-3-28(4-6-30(55)27-46)45(70)49(21-15-31(56)47(23-17-41(66)71-50-33(58)7-8-34(50)59)24-18-42(67)72-51-35(60)9-10-36(51)61)22-16-32(57)48(25-19-43(68)73-52-37(62)11-12-38(52)63)26-20-44(69)74-53-39(64)13-14-40(53)65/h28H,2-27H2,1H3. The summed E-state index contributed by atoms with van der Waals surface area (Å²) in [7, 11) is 0. The highest BCUT2D eigenvalue weighted by atomic mass is 79.9. The van der Waals surface area contributed by atoms with Crippen LogP contribution in [-0.2, 0) is 101 Å². The molecule has 0 aromatic carbocycles. The van der Waals surface area contributed by atoms with Crippen LogP contribution in [0.3, 0.4) is 0 Å². The predicted molar refractivity (Wildman–Crippen MR) is 242 cm³/mol. The largest absolute Gasteiger partial charge is 0.341 e. The molecule has 0 bridgehead atoms. The average molecular weight is 1110 g/mol. The Kier molecular flexibility index (Phi) is 23.0. The Labute approximate surface area is 430 Å². The van der Waals surface area contributed by atoms with Gasteiger partial charge in [-0.25, -0.2) is 19.2 Å². The third kappa shape index (κ3) is 18.0. The molecule has 28 nitrogen and oxygen atoms in total. The Morgan fingerprint density at radius 2 is 0.662 bits per heavy atom. The van der Waals surface area contributed by atoms with E-state index in [0.717, 1.165) is 14.7 Å². The van der Waals surface area contributed by atoms with E-state index in [1.54, 1.807) is 6.92 Å². The maximum atomic E-state index is 14.5. The molecule has 0 saturated carbocycles. The lowest BCUT2D eigenvalue weighted by atomic mass is 9.93. The number of carbonyl (C=O) groups is 17. The van der Waals surface area contributed by atoms with E-state index in [1.165, 1.54) is 0 Å². The van der Waals surface area contributed by atoms with E-state index in [9.17, 15) is 81.5 Å². The summed E-state index contributed by atoms with van der Waals surface area (Å²) >= 11 is 3.08. The Bertz CT molecular complexity index is 1990. The van der Waals surface area contributed by atoms with Crippen LogP contribution in [0.15, 0.2) is 0 Å². The fourth-order valence-corrected chi connectivity index (χ4v) is 7.80. The third-order valence-corrected chi connectivity index (χ3v) is 12.4. The van der Waals surface area contributed by atoms with Gasteiger partial charge in [0.05, 0.1) is 31.0 Å². The van der Waals surface area contributed by atoms with Crippen LogP contribution in [0, 0.1) is 5.92 Å². The van der Waals surface area contributed by atoms with Crippen molar-refractivity contribution >= 4 is 116 Å². The predicted octanol–water partition coefficient (Wildman–Crippen LogP) is -0.639. The molecule has 0 radical (unpaired) electrons. The van der Waals surface area contributed by atoms with Crippen molar-refractivity contribution in [3.05, 3.63) is 0 Å². The van der Waals surface area contributed by atoms with Gasteiger partial charge in [0, 0.05) is 129 Å². The Morgan fingerprint density at radius 3 is 0.919 bits per heavy atom. The van der Waals surface area contributed by atoms with Crippen molar-refractivity contribution in [2.45, 2.75) is 129 Å². The van der Waals surface area contributed by atoms with Crippen LogP contribution in [0.25, 0.3) is 0 Å². The van der Waals surface area contributed by atoms with Crippen LogP contribution in [-0.4, -0.2) is 180 Å². The fraction of sp³-hybridized carbons (Fsp3) is 0.622. The number of Topliss-reactive ketones (excluding diaryl/α,β-unsaturated/α-hetero) is 2. The van der Waals surface area contributed by atoms with Crippen LogP contribution in [0.2, 0.25) is 0 Å². The van der Waals surface area contributed by atoms with E-state index in [1.807, 2.05) is 0 Å². The van der Waals surface area contributed by atoms with E-state index in [-0.39, 0.29) is 121 Å². The molecule has 11 amide bonds. The van der Waals surface area contributed by atoms with Gasteiger partial charge in [-0.3, -0.25) is 62.3 Å². The number of imide groups is 4. The number of rotatable bonds is 31. The molecule has 1 atom stereocenters. The van der Waals surface area contributed by atoms with Gasteiger partial charge in [0.25, 0.3) is 47.3 Å². The maximum Gasteiger partial charge on any atom is 0.334 e. The van der Waals surface area contributed by atoms with Crippen molar-refractivity contribution in [2.24, 2.45) is 5.92 Å². The first-order chi connectivity index (χ1) is 35.1. The molecule has 74 heavy (non-hydrogen) atoms. The molecule has 29 heteroatoms. The lowest BCUT2D eigenvalue weighted by Crippen LogP contribution is -2.44. The number of hydrogen-bond acceptors (Lipinski definition) is 21. The quantitative estimate of drug-likeness (QED) is 0.0615. The van der Waals surface area contributed by atoms with Gasteiger partial charge in [0.1, 0.15) is 11.6 Å². The summed E-state index contributed by atoms with van der Waals surface area (Å²) in [4.78, 5) is 238. The zero-order valence-corrected chi connectivity index (χ0v) is 42.1. The summed E-state index contributed by atoms with van der Waals surface area (Å²) in [5.41, 5.74) is 0. The van der Waals surface area contributed by atoms with Crippen LogP contribution in [0.1, 0.15) is 129 Å². The highest BCUT2D eigenvalue weighted by Crippen LogP contribution is 2.22. The lowest BCUT2D eigenvalue weighted by Gasteiger charge is -2.30. The van der Waals surface area contributed by atoms with Gasteiger partial charge in [0.15, 0.2) is 0 Å². The molecule has 4 saturated heterocycles. The van der Waals surface area contributed by atoms with Crippen molar-refractivity contribution in [1.29, 1.82) is 0 Å². The van der Waals surface area contributed by atoms with Crippen LogP contribution in [0.5, 0.6) is 0 Å². The molecule has 4 rings (SSSR count). The van der Waals surface area contributed by atoms with Crippen molar-refractivity contribution in [3.8, 4) is 0 Å². The van der Waals surface area contributed by atoms with Gasteiger partial charge in [-0.2, -0.15) is 0 Å². The zero-order valence-electron chi connectivity index (χ0n) is 40.5. The average Bonchev–Trinajstić information content (AvgIpc) is 4.08. The van der Waals surface area contributed by atoms with Crippen molar-refractivity contribution in [3.63, 3.8) is 0 Å². The summed E-state index contributed by atoms with van der Waals surface area (Å²) in [6.07, 6.45) is -5.53. The molecule has 0 spiro atoms. The number of hydrogen-bond donors (Lipinski definition) is 0. The van der Waals surface area contributed by atoms with Gasteiger partial charge in [-0.05, 0) is 12.8 Å². The Balaban J connectivity index is 1.57. The highest BCUT2D eigenvalue weighted by molar-refractivity contribution is 9.09. The van der Waals surface area contributed by atoms with Gasteiger partial charge < -0.3 is 34.1 Å². The second-order valence-electron chi connectivity index (χ2n) is 17.1. The Morgan fingerprint density at radius 1 is 0.405 bits per heavy atom. The molecule has 404 valence electrons. The molecular weight excluding hydrogens is 1050 g/mol. The van der Waals surface area contributed by atoms with Gasteiger partial charge in [-0.15, -0.1) is 20.3 Å². The molecule has 0 N–H and O–H groups in total. The molecule has 0 aromatic rings. The molecule has 4 aliphatic rings. The first-order valence-electron chi connectivity index (χ1n) is 23.8. The Hall–Kier alpha value is -7.33. The van der Waals surface area contributed by atoms with Crippen LogP contribution < -0.4 is 0 Å². The van der Waals surface area contributed by atoms with Crippen molar-refractivity contribution in [1.82, 2.24) is 35.0 Å². The fourth-order valence-electron chi connectivity index (χ4n) is 7.52. The second kappa shape index (κ2) is 28.8. The molecule has 0 aliphatic carbocycles. The van der Waals surface area contributed by atoms with E-state index in [2.05, 4.69) is 15.9 Å². The smallest absolute Gasteiger partial charge is 0.334 e. The minimum atomic E-state index is -1.12. The summed E-state index contributed by atoms with van der Waals surface area (Å²) in [6, 6.07) is 0. The van der Waals surface area contributed by atoms with Crippen LogP contribution >= 0.6 is 15.9 Å². The molecule has 4 heterocycles. The van der Waals surface area contributed by atoms with E-state index >= 15 is 0 Å². The minimum Gasteiger partial charge on any atom is -0.341 e. The molecule has 4 aliphatic heterocycles. The topological polar surface area (TPSA) is 350 Å². The first-order valence-corrected chi connectivity index (χ1v) is 24.9. The maximum absolute atomic E-state index is 14.5. The van der Waals surface area contributed by atoms with E-state index in [0.29, 0.717) is 0 Å². The zero-order chi connectivity index (χ0) is 54.6. The summed E-state index contributed by atoms with van der Waals surface area (Å²) in [5.74, 6) is -14.6. The van der Waals surface area contributed by atoms with Gasteiger partial charge in [-0.1, -0.05) is 22.9 Å². The van der Waals surface area contributed by atoms with Crippen molar-refractivity contribution < 1.29 is 101 Å². The second-order valence-corrected chi connectivity index (χ2v) is 17.7. The molecular formula is C45H56BrN7O21. The van der Waals surface area contributed by atoms with E-state index < -0.39 is 173 Å². The number of nitrogens with zero attached hydrogens (tertiary/aromatic N) is 7.